The maximum atomic E-state index is 13.0. The third-order valence-corrected chi connectivity index (χ3v) is 17.9. The highest BCUT2D eigenvalue weighted by Crippen LogP contribution is 2.45. The summed E-state index contributed by atoms with van der Waals surface area (Å²) in [4.78, 5) is 72.3. The average molecular weight is 1300 g/mol. The van der Waals surface area contributed by atoms with Gasteiger partial charge in [0, 0.05) is 25.7 Å². The first-order valence-electron chi connectivity index (χ1n) is 36.1. The molecular formula is C69H134O17P2. The zero-order valence-corrected chi connectivity index (χ0v) is 58.6. The van der Waals surface area contributed by atoms with E-state index in [0.29, 0.717) is 25.7 Å². The number of carbonyl (C=O) groups is 4. The van der Waals surface area contributed by atoms with Gasteiger partial charge in [-0.1, -0.05) is 304 Å². The van der Waals surface area contributed by atoms with Gasteiger partial charge in [0.25, 0.3) is 0 Å². The maximum absolute atomic E-state index is 13.0. The van der Waals surface area contributed by atoms with E-state index in [0.717, 1.165) is 109 Å². The molecule has 88 heavy (non-hydrogen) atoms. The van der Waals surface area contributed by atoms with Crippen LogP contribution in [0.3, 0.4) is 0 Å². The lowest BCUT2D eigenvalue weighted by Crippen LogP contribution is -2.30. The molecule has 0 aromatic carbocycles. The zero-order valence-electron chi connectivity index (χ0n) is 56.9. The summed E-state index contributed by atoms with van der Waals surface area (Å²) in [5.41, 5.74) is 0. The second kappa shape index (κ2) is 62.5. The minimum atomic E-state index is -4.95. The first-order chi connectivity index (χ1) is 42.5. The van der Waals surface area contributed by atoms with Crippen molar-refractivity contribution < 1.29 is 80.2 Å². The van der Waals surface area contributed by atoms with Crippen LogP contribution in [0.4, 0.5) is 0 Å². The number of ether oxygens (including phenoxy) is 4. The van der Waals surface area contributed by atoms with Gasteiger partial charge in [0.1, 0.15) is 19.3 Å². The molecule has 0 rings (SSSR count). The van der Waals surface area contributed by atoms with Gasteiger partial charge in [-0.15, -0.1) is 0 Å². The van der Waals surface area contributed by atoms with Gasteiger partial charge in [-0.25, -0.2) is 9.13 Å². The molecule has 0 heterocycles. The van der Waals surface area contributed by atoms with E-state index < -0.39 is 97.5 Å². The van der Waals surface area contributed by atoms with Crippen LogP contribution < -0.4 is 0 Å². The van der Waals surface area contributed by atoms with Gasteiger partial charge in [-0.3, -0.25) is 37.3 Å². The first kappa shape index (κ1) is 86.1. The first-order valence-corrected chi connectivity index (χ1v) is 39.1. The Morgan fingerprint density at radius 2 is 0.523 bits per heavy atom. The molecule has 0 aliphatic rings. The van der Waals surface area contributed by atoms with Gasteiger partial charge < -0.3 is 33.8 Å². The molecule has 0 bridgehead atoms. The monoisotopic (exact) mass is 1300 g/mol. The predicted octanol–water partition coefficient (Wildman–Crippen LogP) is 19.7. The number of esters is 4. The summed E-state index contributed by atoms with van der Waals surface area (Å²) in [7, 11) is -9.89. The molecule has 0 saturated heterocycles. The van der Waals surface area contributed by atoms with Gasteiger partial charge in [0.05, 0.1) is 26.4 Å². The Kier molecular flexibility index (Phi) is 61.1. The van der Waals surface area contributed by atoms with Crippen molar-refractivity contribution in [2.75, 3.05) is 39.6 Å². The SMILES string of the molecule is CCCCCCCCCCCCCCCC(=O)OC[C@H](COP(=O)(O)OC[C@@H](O)COP(=O)(O)OC[C@@H](COC(=O)CCCCCCCCC)OC(=O)CCCCCCCCCCCC)OC(=O)CCCCCCCCCCCCCCCCCC(C)C. The molecule has 0 aliphatic heterocycles. The quantitative estimate of drug-likeness (QED) is 0.0222. The zero-order chi connectivity index (χ0) is 64.9. The fraction of sp³-hybridized carbons (Fsp3) is 0.942. The average Bonchev–Trinajstić information content (AvgIpc) is 3.64. The van der Waals surface area contributed by atoms with Crippen molar-refractivity contribution in [2.45, 2.75) is 374 Å². The summed E-state index contributed by atoms with van der Waals surface area (Å²) in [6.45, 7) is 7.22. The van der Waals surface area contributed by atoms with Crippen molar-refractivity contribution in [3.63, 3.8) is 0 Å². The molecular weight excluding hydrogens is 1160 g/mol. The highest BCUT2D eigenvalue weighted by atomic mass is 31.2. The summed E-state index contributed by atoms with van der Waals surface area (Å²) in [6.07, 6.45) is 48.6. The van der Waals surface area contributed by atoms with E-state index in [4.69, 9.17) is 37.0 Å². The van der Waals surface area contributed by atoms with Crippen LogP contribution in [0, 0.1) is 5.92 Å². The largest absolute Gasteiger partial charge is 0.472 e. The van der Waals surface area contributed by atoms with Crippen LogP contribution in [0.25, 0.3) is 0 Å². The fourth-order valence-corrected chi connectivity index (χ4v) is 12.0. The van der Waals surface area contributed by atoms with E-state index in [1.165, 1.54) is 167 Å². The lowest BCUT2D eigenvalue weighted by Gasteiger charge is -2.21. The van der Waals surface area contributed by atoms with Gasteiger partial charge in [0.2, 0.25) is 0 Å². The van der Waals surface area contributed by atoms with E-state index in [9.17, 15) is 43.2 Å². The van der Waals surface area contributed by atoms with Gasteiger partial charge >= 0.3 is 39.5 Å². The summed E-state index contributed by atoms with van der Waals surface area (Å²) < 4.78 is 68.1. The highest BCUT2D eigenvalue weighted by molar-refractivity contribution is 7.47. The van der Waals surface area contributed by atoms with Crippen LogP contribution in [0.2, 0.25) is 0 Å². The summed E-state index contributed by atoms with van der Waals surface area (Å²) in [5, 5.41) is 10.6. The van der Waals surface area contributed by atoms with E-state index in [1.807, 2.05) is 0 Å². The fourth-order valence-electron chi connectivity index (χ4n) is 10.5. The van der Waals surface area contributed by atoms with E-state index >= 15 is 0 Å². The van der Waals surface area contributed by atoms with Crippen LogP contribution >= 0.6 is 15.6 Å². The summed E-state index contributed by atoms with van der Waals surface area (Å²) in [5.74, 6) is -1.32. The molecule has 0 fully saturated rings. The minimum Gasteiger partial charge on any atom is -0.462 e. The molecule has 5 atom stereocenters. The van der Waals surface area contributed by atoms with Crippen molar-refractivity contribution in [3.05, 3.63) is 0 Å². The Morgan fingerprint density at radius 1 is 0.307 bits per heavy atom. The van der Waals surface area contributed by atoms with Crippen molar-refractivity contribution in [3.8, 4) is 0 Å². The number of carbonyl (C=O) groups excluding carboxylic acids is 4. The van der Waals surface area contributed by atoms with Crippen LogP contribution in [0.5, 0.6) is 0 Å². The van der Waals surface area contributed by atoms with Gasteiger partial charge in [0.15, 0.2) is 12.2 Å². The molecule has 0 amide bonds. The molecule has 0 saturated carbocycles. The lowest BCUT2D eigenvalue weighted by molar-refractivity contribution is -0.161. The van der Waals surface area contributed by atoms with Crippen molar-refractivity contribution in [1.29, 1.82) is 0 Å². The Labute approximate surface area is 537 Å². The lowest BCUT2D eigenvalue weighted by atomic mass is 10.0. The topological polar surface area (TPSA) is 237 Å². The molecule has 0 aromatic heterocycles. The van der Waals surface area contributed by atoms with E-state index in [2.05, 4.69) is 34.6 Å². The number of rotatable bonds is 69. The van der Waals surface area contributed by atoms with Crippen LogP contribution in [-0.2, 0) is 65.4 Å². The number of aliphatic hydroxyl groups is 1. The van der Waals surface area contributed by atoms with Gasteiger partial charge in [-0.05, 0) is 31.6 Å². The number of phosphoric acid groups is 2. The second-order valence-corrected chi connectivity index (χ2v) is 28.3. The van der Waals surface area contributed by atoms with Crippen molar-refractivity contribution in [2.24, 2.45) is 5.92 Å². The standard InChI is InChI=1S/C69H134O17P2/c1-6-9-12-15-18-20-22-26-30-34-38-43-48-53-67(72)80-59-65(86-69(74)55-50-45-40-35-31-28-25-23-24-27-29-32-37-41-46-51-62(4)5)61-84-88(77,78)82-57-63(70)56-81-87(75,76)83-60-64(58-79-66(71)52-47-42-36-17-14-11-8-3)85-68(73)54-49-44-39-33-21-19-16-13-10-7-2/h62-65,70H,6-61H2,1-5H3,(H,75,76)(H,77,78)/t63-,64+,65+/m0/s1. The highest BCUT2D eigenvalue weighted by Gasteiger charge is 2.30. The van der Waals surface area contributed by atoms with Crippen LogP contribution in [-0.4, -0.2) is 96.7 Å². The predicted molar refractivity (Wildman–Crippen MR) is 354 cm³/mol. The maximum Gasteiger partial charge on any atom is 0.472 e. The number of unbranched alkanes of at least 4 members (excludes halogenated alkanes) is 41. The Morgan fingerprint density at radius 3 is 0.773 bits per heavy atom. The Bertz CT molecular complexity index is 1700. The number of phosphoric ester groups is 2. The Hall–Kier alpha value is -1.94. The number of aliphatic hydroxyl groups excluding tert-OH is 1. The molecule has 19 heteroatoms. The molecule has 2 unspecified atom stereocenters. The molecule has 522 valence electrons. The molecule has 3 N–H and O–H groups in total. The molecule has 0 radical (unpaired) electrons. The van der Waals surface area contributed by atoms with E-state index in [-0.39, 0.29) is 25.7 Å². The Balaban J connectivity index is 5.18. The molecule has 0 aliphatic carbocycles. The summed E-state index contributed by atoms with van der Waals surface area (Å²) in [6, 6.07) is 0. The minimum absolute atomic E-state index is 0.106. The summed E-state index contributed by atoms with van der Waals surface area (Å²) >= 11 is 0. The number of hydrogen-bond acceptors (Lipinski definition) is 15. The van der Waals surface area contributed by atoms with Crippen molar-refractivity contribution >= 4 is 39.5 Å². The van der Waals surface area contributed by atoms with Gasteiger partial charge in [-0.2, -0.15) is 0 Å². The third-order valence-electron chi connectivity index (χ3n) is 16.0. The van der Waals surface area contributed by atoms with Crippen molar-refractivity contribution in [1.82, 2.24) is 0 Å². The second-order valence-electron chi connectivity index (χ2n) is 25.4. The van der Waals surface area contributed by atoms with Crippen LogP contribution in [0.15, 0.2) is 0 Å². The molecule has 0 spiro atoms. The third kappa shape index (κ3) is 62.8. The number of hydrogen-bond donors (Lipinski definition) is 3. The van der Waals surface area contributed by atoms with E-state index in [1.54, 1.807) is 0 Å². The normalized spacial score (nSPS) is 14.1. The van der Waals surface area contributed by atoms with Crippen LogP contribution in [0.1, 0.15) is 356 Å². The molecule has 17 nitrogen and oxygen atoms in total. The molecule has 0 aromatic rings. The smallest absolute Gasteiger partial charge is 0.462 e.